The van der Waals surface area contributed by atoms with E-state index in [4.69, 9.17) is 0 Å². The molecule has 3 rings (SSSR count). The second-order valence-corrected chi connectivity index (χ2v) is 11.8. The first-order chi connectivity index (χ1) is 7.83. The van der Waals surface area contributed by atoms with Crippen molar-refractivity contribution in [3.63, 3.8) is 0 Å². The summed E-state index contributed by atoms with van der Waals surface area (Å²) in [6, 6.07) is 13.6. The Hall–Kier alpha value is 0.478. The van der Waals surface area contributed by atoms with Crippen LogP contribution in [0.3, 0.4) is 0 Å². The summed E-state index contributed by atoms with van der Waals surface area (Å²) in [7, 11) is 0. The van der Waals surface area contributed by atoms with Crippen molar-refractivity contribution in [3.05, 3.63) is 44.7 Å². The molecule has 0 unspecified atom stereocenters. The van der Waals surface area contributed by atoms with Crippen molar-refractivity contribution in [1.82, 2.24) is 0 Å². The van der Waals surface area contributed by atoms with Gasteiger partial charge in [-0.2, -0.15) is 0 Å². The molecule has 0 N–H and O–H groups in total. The molecule has 0 atom stereocenters. The van der Waals surface area contributed by atoms with E-state index in [0.29, 0.717) is 43.5 Å². The molecular weight excluding hydrogens is 461 g/mol. The molecule has 0 saturated carbocycles. The zero-order valence-electron chi connectivity index (χ0n) is 8.14. The Morgan fingerprint density at radius 3 is 2.06 bits per heavy atom. The molecule has 3 heterocycles. The summed E-state index contributed by atoms with van der Waals surface area (Å²) >= 11 is 5.24. The number of hydrogen-bond donors (Lipinski definition) is 0. The van der Waals surface area contributed by atoms with Crippen LogP contribution >= 0.6 is 15.9 Å². The van der Waals surface area contributed by atoms with Gasteiger partial charge in [-0.3, -0.25) is 0 Å². The maximum absolute atomic E-state index is 3.59. The summed E-state index contributed by atoms with van der Waals surface area (Å²) in [4.78, 5) is 2.30. The summed E-state index contributed by atoms with van der Waals surface area (Å²) in [6.45, 7) is 0. The standard InChI is InChI=1S/C12H7BrSe3/c13-12-6-5-11(16-12)10-4-3-9(15-10)8-2-1-7-14-8/h1-7H. The van der Waals surface area contributed by atoms with Crippen molar-refractivity contribution in [3.8, 4) is 17.7 Å². The van der Waals surface area contributed by atoms with E-state index in [-0.39, 0.29) is 0 Å². The van der Waals surface area contributed by atoms with E-state index in [1.54, 1.807) is 17.7 Å². The predicted octanol–water partition coefficient (Wildman–Crippen LogP) is 2.95. The van der Waals surface area contributed by atoms with Gasteiger partial charge in [0.1, 0.15) is 0 Å². The van der Waals surface area contributed by atoms with Crippen LogP contribution in [0.15, 0.2) is 44.7 Å². The minimum absolute atomic E-state index is 0.518. The molecule has 0 aliphatic rings. The van der Waals surface area contributed by atoms with Gasteiger partial charge in [0.15, 0.2) is 0 Å². The Kier molecular flexibility index (Phi) is 3.61. The Balaban J connectivity index is 2.00. The number of hydrogen-bond acceptors (Lipinski definition) is 0. The van der Waals surface area contributed by atoms with Crippen LogP contribution < -0.4 is 0 Å². The maximum atomic E-state index is 3.59. The molecule has 3 aromatic rings. The van der Waals surface area contributed by atoms with Crippen LogP contribution in [-0.4, -0.2) is 43.5 Å². The molecule has 0 amide bonds. The molecule has 0 saturated heterocycles. The van der Waals surface area contributed by atoms with Crippen LogP contribution in [0.1, 0.15) is 0 Å². The van der Waals surface area contributed by atoms with Gasteiger partial charge in [-0.25, -0.2) is 0 Å². The van der Waals surface area contributed by atoms with E-state index >= 15 is 0 Å². The van der Waals surface area contributed by atoms with Crippen LogP contribution in [0.4, 0.5) is 0 Å². The molecule has 0 radical (unpaired) electrons. The molecule has 0 aliphatic heterocycles. The minimum atomic E-state index is 0.518. The third-order valence-electron chi connectivity index (χ3n) is 2.19. The Morgan fingerprint density at radius 2 is 1.44 bits per heavy atom. The zero-order chi connectivity index (χ0) is 11.0. The second kappa shape index (κ2) is 5.00. The molecule has 0 spiro atoms. The number of rotatable bonds is 2. The SMILES string of the molecule is Brc1ccc(-c2ccc(-c3ccc[se]3)[se]2)[se]1. The van der Waals surface area contributed by atoms with Gasteiger partial charge in [0.2, 0.25) is 0 Å². The molecule has 0 fully saturated rings. The normalized spacial score (nSPS) is 10.8. The van der Waals surface area contributed by atoms with Crippen molar-refractivity contribution in [1.29, 1.82) is 0 Å². The zero-order valence-corrected chi connectivity index (χ0v) is 14.9. The van der Waals surface area contributed by atoms with Crippen molar-refractivity contribution >= 4 is 59.4 Å². The summed E-state index contributed by atoms with van der Waals surface area (Å²) in [5.41, 5.74) is 0. The monoisotopic (exact) mass is 470 g/mol. The molecule has 0 bridgehead atoms. The molecule has 0 aromatic carbocycles. The molecule has 80 valence electrons. The van der Waals surface area contributed by atoms with E-state index in [9.17, 15) is 0 Å². The van der Waals surface area contributed by atoms with E-state index in [2.05, 4.69) is 57.3 Å². The quantitative estimate of drug-likeness (QED) is 0.508. The van der Waals surface area contributed by atoms with Gasteiger partial charge in [-0.05, 0) is 0 Å². The Morgan fingerprint density at radius 1 is 0.750 bits per heavy atom. The summed E-state index contributed by atoms with van der Waals surface area (Å²) in [6.07, 6.45) is 0. The average Bonchev–Trinajstić information content (AvgIpc) is 2.97. The van der Waals surface area contributed by atoms with Gasteiger partial charge in [0.25, 0.3) is 0 Å². The molecule has 0 nitrogen and oxygen atoms in total. The van der Waals surface area contributed by atoms with E-state index in [0.717, 1.165) is 0 Å². The van der Waals surface area contributed by atoms with Gasteiger partial charge in [-0.15, -0.1) is 0 Å². The first kappa shape index (κ1) is 11.6. The Bertz CT molecular complexity index is 589. The van der Waals surface area contributed by atoms with Crippen LogP contribution in [0.25, 0.3) is 17.7 Å². The predicted molar refractivity (Wildman–Crippen MR) is 75.8 cm³/mol. The second-order valence-electron chi connectivity index (χ2n) is 3.24. The van der Waals surface area contributed by atoms with Crippen LogP contribution in [0, 0.1) is 0 Å². The van der Waals surface area contributed by atoms with E-state index in [1.165, 1.54) is 3.35 Å². The third-order valence-corrected chi connectivity index (χ3v) is 10.8. The third kappa shape index (κ3) is 2.35. The van der Waals surface area contributed by atoms with Gasteiger partial charge in [-0.1, -0.05) is 0 Å². The summed E-state index contributed by atoms with van der Waals surface area (Å²) in [5.74, 6) is 0. The van der Waals surface area contributed by atoms with E-state index < -0.39 is 0 Å². The topological polar surface area (TPSA) is 0 Å². The summed E-state index contributed by atoms with van der Waals surface area (Å²) in [5, 5.41) is 0. The average molecular weight is 468 g/mol. The molecule has 0 aliphatic carbocycles. The fraction of sp³-hybridized carbons (Fsp3) is 0. The number of halogens is 1. The first-order valence-corrected chi connectivity index (χ1v) is 10.8. The van der Waals surface area contributed by atoms with Crippen molar-refractivity contribution in [2.24, 2.45) is 0 Å². The fourth-order valence-electron chi connectivity index (χ4n) is 1.47. The van der Waals surface area contributed by atoms with Crippen LogP contribution in [0.5, 0.6) is 0 Å². The Labute approximate surface area is 121 Å². The van der Waals surface area contributed by atoms with Gasteiger partial charge in [0.05, 0.1) is 0 Å². The van der Waals surface area contributed by atoms with Crippen molar-refractivity contribution < 1.29 is 0 Å². The summed E-state index contributed by atoms with van der Waals surface area (Å²) < 4.78 is 7.68. The molecular formula is C12H7BrSe3. The van der Waals surface area contributed by atoms with Gasteiger partial charge in [0, 0.05) is 0 Å². The van der Waals surface area contributed by atoms with Gasteiger partial charge < -0.3 is 0 Å². The fourth-order valence-corrected chi connectivity index (χ4v) is 8.89. The van der Waals surface area contributed by atoms with Crippen LogP contribution in [0.2, 0.25) is 0 Å². The molecule has 4 heteroatoms. The van der Waals surface area contributed by atoms with E-state index in [1.807, 2.05) is 0 Å². The van der Waals surface area contributed by atoms with Crippen molar-refractivity contribution in [2.75, 3.05) is 0 Å². The van der Waals surface area contributed by atoms with Gasteiger partial charge >= 0.3 is 122 Å². The van der Waals surface area contributed by atoms with Crippen LogP contribution in [-0.2, 0) is 0 Å². The first-order valence-electron chi connectivity index (χ1n) is 4.72. The van der Waals surface area contributed by atoms with Crippen molar-refractivity contribution in [2.45, 2.75) is 0 Å². The molecule has 16 heavy (non-hydrogen) atoms. The molecule has 3 aromatic heterocycles.